The third-order valence-corrected chi connectivity index (χ3v) is 7.65. The first-order chi connectivity index (χ1) is 14.4. The second kappa shape index (κ2) is 7.17. The van der Waals surface area contributed by atoms with Gasteiger partial charge in [-0.3, -0.25) is 0 Å². The van der Waals surface area contributed by atoms with E-state index in [1.807, 2.05) is 36.7 Å². The molecule has 0 aliphatic carbocycles. The summed E-state index contributed by atoms with van der Waals surface area (Å²) in [6, 6.07) is 3.94. The molecule has 0 bridgehead atoms. The minimum absolute atomic E-state index is 0.132. The lowest BCUT2D eigenvalue weighted by Crippen LogP contribution is -2.33. The van der Waals surface area contributed by atoms with Crippen LogP contribution < -0.4 is 4.90 Å². The van der Waals surface area contributed by atoms with Gasteiger partial charge in [-0.05, 0) is 31.7 Å². The molecular weight excluding hydrogens is 404 g/mol. The van der Waals surface area contributed by atoms with E-state index in [4.69, 9.17) is 0 Å². The van der Waals surface area contributed by atoms with Gasteiger partial charge >= 0.3 is 0 Å². The van der Waals surface area contributed by atoms with Crippen LogP contribution in [0.3, 0.4) is 0 Å². The molecular formula is C19H24N8O2S. The summed E-state index contributed by atoms with van der Waals surface area (Å²) in [6.07, 6.45) is 8.30. The minimum Gasteiger partial charge on any atom is -0.356 e. The number of aromatic nitrogens is 6. The summed E-state index contributed by atoms with van der Waals surface area (Å²) in [5.41, 5.74) is 0. The molecule has 2 aliphatic rings. The number of imidazole rings is 1. The molecule has 2 saturated heterocycles. The van der Waals surface area contributed by atoms with E-state index >= 15 is 0 Å². The Morgan fingerprint density at radius 2 is 1.77 bits per heavy atom. The van der Waals surface area contributed by atoms with Crippen LogP contribution in [0.15, 0.2) is 48.4 Å². The van der Waals surface area contributed by atoms with Crippen LogP contribution in [0, 0.1) is 11.8 Å². The fraction of sp³-hybridized carbons (Fsp3) is 0.474. The SMILES string of the molecule is CC(C)n1cnc(S(=O)(=O)N2CC3CN(c4cc(-n5cccn5)ncn4)CC3C2)c1. The van der Waals surface area contributed by atoms with Crippen molar-refractivity contribution in [3.05, 3.63) is 43.4 Å². The minimum atomic E-state index is -3.57. The van der Waals surface area contributed by atoms with E-state index in [0.717, 1.165) is 18.9 Å². The number of sulfonamides is 1. The summed E-state index contributed by atoms with van der Waals surface area (Å²) in [5.74, 6) is 2.10. The highest BCUT2D eigenvalue weighted by atomic mass is 32.2. The Kier molecular flexibility index (Phi) is 4.58. The van der Waals surface area contributed by atoms with E-state index in [2.05, 4.69) is 25.0 Å². The first-order valence-electron chi connectivity index (χ1n) is 10.0. The van der Waals surface area contributed by atoms with Gasteiger partial charge < -0.3 is 9.47 Å². The highest BCUT2D eigenvalue weighted by Crippen LogP contribution is 2.35. The molecule has 3 aromatic heterocycles. The van der Waals surface area contributed by atoms with Gasteiger partial charge in [-0.1, -0.05) is 0 Å². The van der Waals surface area contributed by atoms with E-state index < -0.39 is 10.0 Å². The molecule has 0 amide bonds. The molecule has 2 atom stereocenters. The van der Waals surface area contributed by atoms with Crippen LogP contribution >= 0.6 is 0 Å². The largest absolute Gasteiger partial charge is 0.356 e. The average molecular weight is 429 g/mol. The van der Waals surface area contributed by atoms with E-state index in [1.54, 1.807) is 34.0 Å². The zero-order valence-corrected chi connectivity index (χ0v) is 17.7. The fourth-order valence-electron chi connectivity index (χ4n) is 4.24. The van der Waals surface area contributed by atoms with Gasteiger partial charge in [0.15, 0.2) is 10.8 Å². The number of hydrogen-bond acceptors (Lipinski definition) is 7. The monoisotopic (exact) mass is 428 g/mol. The van der Waals surface area contributed by atoms with Crippen LogP contribution in [-0.2, 0) is 10.0 Å². The zero-order valence-electron chi connectivity index (χ0n) is 16.9. The number of anilines is 1. The second-order valence-electron chi connectivity index (χ2n) is 8.19. The number of rotatable bonds is 5. The molecule has 0 radical (unpaired) electrons. The van der Waals surface area contributed by atoms with Gasteiger partial charge in [0.05, 0.1) is 6.33 Å². The summed E-state index contributed by atoms with van der Waals surface area (Å²) in [6.45, 7) is 6.55. The third-order valence-electron chi connectivity index (χ3n) is 5.93. The van der Waals surface area contributed by atoms with Gasteiger partial charge in [0, 0.05) is 56.9 Å². The van der Waals surface area contributed by atoms with Crippen LogP contribution in [0.5, 0.6) is 0 Å². The lowest BCUT2D eigenvalue weighted by molar-refractivity contribution is 0.450. The average Bonchev–Trinajstić information content (AvgIpc) is 3.51. The molecule has 5 rings (SSSR count). The first-order valence-corrected chi connectivity index (χ1v) is 11.5. The van der Waals surface area contributed by atoms with Gasteiger partial charge in [-0.15, -0.1) is 0 Å². The Bertz CT molecular complexity index is 1130. The van der Waals surface area contributed by atoms with Crippen molar-refractivity contribution < 1.29 is 8.42 Å². The van der Waals surface area contributed by atoms with E-state index in [1.165, 1.54) is 0 Å². The van der Waals surface area contributed by atoms with Crippen LogP contribution in [-0.4, -0.2) is 68.2 Å². The number of fused-ring (bicyclic) bond motifs is 1. The van der Waals surface area contributed by atoms with Crippen molar-refractivity contribution >= 4 is 15.8 Å². The molecule has 2 aliphatic heterocycles. The van der Waals surface area contributed by atoms with Crippen LogP contribution in [0.4, 0.5) is 5.82 Å². The second-order valence-corrected chi connectivity index (χ2v) is 10.1. The number of nitrogens with zero attached hydrogens (tertiary/aromatic N) is 8. The Morgan fingerprint density at radius 3 is 2.40 bits per heavy atom. The molecule has 0 N–H and O–H groups in total. The lowest BCUT2D eigenvalue weighted by atomic mass is 10.0. The smallest absolute Gasteiger partial charge is 0.262 e. The highest BCUT2D eigenvalue weighted by Gasteiger charge is 2.45. The van der Waals surface area contributed by atoms with E-state index in [9.17, 15) is 8.42 Å². The van der Waals surface area contributed by atoms with Crippen molar-refractivity contribution in [2.24, 2.45) is 11.8 Å². The van der Waals surface area contributed by atoms with Gasteiger partial charge in [0.25, 0.3) is 10.0 Å². The predicted molar refractivity (Wildman–Crippen MR) is 110 cm³/mol. The maximum Gasteiger partial charge on any atom is 0.262 e. The lowest BCUT2D eigenvalue weighted by Gasteiger charge is -2.21. The standard InChI is InChI=1S/C19H24N8O2S/c1-14(2)25-11-19(22-13-25)30(28,29)26-9-15-7-24(8-16(15)10-26)17-6-18(21-12-20-17)27-5-3-4-23-27/h3-6,11-16H,7-10H2,1-2H3. The maximum atomic E-state index is 13.0. The van der Waals surface area contributed by atoms with Crippen molar-refractivity contribution in [2.45, 2.75) is 24.9 Å². The Morgan fingerprint density at radius 1 is 1.03 bits per heavy atom. The van der Waals surface area contributed by atoms with Crippen LogP contribution in [0.1, 0.15) is 19.9 Å². The normalized spacial score (nSPS) is 22.2. The predicted octanol–water partition coefficient (Wildman–Crippen LogP) is 1.20. The number of hydrogen-bond donors (Lipinski definition) is 0. The molecule has 0 aromatic carbocycles. The van der Waals surface area contributed by atoms with Gasteiger partial charge in [-0.2, -0.15) is 9.40 Å². The molecule has 10 nitrogen and oxygen atoms in total. The maximum absolute atomic E-state index is 13.0. The summed E-state index contributed by atoms with van der Waals surface area (Å²) in [7, 11) is -3.57. The fourth-order valence-corrected chi connectivity index (χ4v) is 5.71. The molecule has 2 fully saturated rings. The summed E-state index contributed by atoms with van der Waals surface area (Å²) >= 11 is 0. The molecule has 0 saturated carbocycles. The van der Waals surface area contributed by atoms with Crippen molar-refractivity contribution in [1.29, 1.82) is 0 Å². The van der Waals surface area contributed by atoms with Gasteiger partial charge in [0.2, 0.25) is 0 Å². The Labute approximate surface area is 175 Å². The molecule has 11 heteroatoms. The molecule has 0 spiro atoms. The van der Waals surface area contributed by atoms with E-state index in [0.29, 0.717) is 18.9 Å². The highest BCUT2D eigenvalue weighted by molar-refractivity contribution is 7.89. The molecule has 30 heavy (non-hydrogen) atoms. The van der Waals surface area contributed by atoms with Crippen LogP contribution in [0.25, 0.3) is 5.82 Å². The Balaban J connectivity index is 1.29. The first kappa shape index (κ1) is 19.2. The summed E-state index contributed by atoms with van der Waals surface area (Å²) in [5, 5.41) is 4.35. The summed E-state index contributed by atoms with van der Waals surface area (Å²) < 4.78 is 31.2. The molecule has 2 unspecified atom stereocenters. The third kappa shape index (κ3) is 3.27. The summed E-state index contributed by atoms with van der Waals surface area (Å²) in [4.78, 5) is 15.1. The van der Waals surface area contributed by atoms with Crippen molar-refractivity contribution in [2.75, 3.05) is 31.1 Å². The van der Waals surface area contributed by atoms with Crippen molar-refractivity contribution in [3.8, 4) is 5.82 Å². The zero-order chi connectivity index (χ0) is 20.9. The molecule has 3 aromatic rings. The van der Waals surface area contributed by atoms with Gasteiger partial charge in [0.1, 0.15) is 12.1 Å². The topological polar surface area (TPSA) is 102 Å². The molecule has 5 heterocycles. The van der Waals surface area contributed by atoms with Gasteiger partial charge in [-0.25, -0.2) is 28.1 Å². The Hall–Kier alpha value is -2.79. The molecule has 158 valence electrons. The van der Waals surface area contributed by atoms with Crippen molar-refractivity contribution in [1.82, 2.24) is 33.6 Å². The van der Waals surface area contributed by atoms with E-state index in [-0.39, 0.29) is 22.9 Å². The quantitative estimate of drug-likeness (QED) is 0.602. The van der Waals surface area contributed by atoms with Crippen LogP contribution in [0.2, 0.25) is 0 Å². The van der Waals surface area contributed by atoms with Crippen molar-refractivity contribution in [3.63, 3.8) is 0 Å².